The summed E-state index contributed by atoms with van der Waals surface area (Å²) >= 11 is 1.79. The van der Waals surface area contributed by atoms with Crippen molar-refractivity contribution in [3.63, 3.8) is 0 Å². The van der Waals surface area contributed by atoms with Crippen molar-refractivity contribution >= 4 is 28.4 Å². The van der Waals surface area contributed by atoms with Crippen molar-refractivity contribution in [1.29, 1.82) is 15.8 Å². The molecule has 0 unspecified atom stereocenters. The number of nitriles is 3. The maximum Gasteiger partial charge on any atom is 0.144 e. The minimum atomic E-state index is -0.0375. The van der Waals surface area contributed by atoms with E-state index in [4.69, 9.17) is 21.5 Å². The van der Waals surface area contributed by atoms with Gasteiger partial charge in [-0.1, -0.05) is 0 Å². The molecule has 0 fully saturated rings. The molecule has 0 spiro atoms. The summed E-state index contributed by atoms with van der Waals surface area (Å²) in [7, 11) is 0. The van der Waals surface area contributed by atoms with Gasteiger partial charge in [-0.15, -0.1) is 0 Å². The Morgan fingerprint density at radius 1 is 1.00 bits per heavy atom. The topological polar surface area (TPSA) is 110 Å². The van der Waals surface area contributed by atoms with Gasteiger partial charge in [-0.2, -0.15) is 15.8 Å². The molecule has 0 saturated carbocycles. The second-order valence-electron chi connectivity index (χ2n) is 2.25. The Hall–Kier alpha value is -1.85. The number of nitrogens with zero attached hydrogens (tertiary/aromatic N) is 4. The number of rotatable bonds is 0. The van der Waals surface area contributed by atoms with E-state index in [0.29, 0.717) is 3.70 Å². The van der Waals surface area contributed by atoms with Crippen LogP contribution in [-0.4, -0.2) is 4.98 Å². The normalized spacial score (nSPS) is 8.43. The van der Waals surface area contributed by atoms with Crippen LogP contribution >= 0.6 is 22.6 Å². The van der Waals surface area contributed by atoms with E-state index < -0.39 is 0 Å². The molecular formula is C8H2IN5. The van der Waals surface area contributed by atoms with Gasteiger partial charge < -0.3 is 5.73 Å². The van der Waals surface area contributed by atoms with Gasteiger partial charge >= 0.3 is 0 Å². The number of anilines is 1. The molecule has 1 rings (SSSR count). The van der Waals surface area contributed by atoms with Crippen LogP contribution in [0.5, 0.6) is 0 Å². The molecule has 0 atom stereocenters. The van der Waals surface area contributed by atoms with Crippen LogP contribution in [-0.2, 0) is 0 Å². The zero-order valence-corrected chi connectivity index (χ0v) is 8.90. The monoisotopic (exact) mass is 295 g/mol. The lowest BCUT2D eigenvalue weighted by Gasteiger charge is -2.02. The van der Waals surface area contributed by atoms with Crippen LogP contribution < -0.4 is 5.73 Å². The van der Waals surface area contributed by atoms with E-state index in [0.717, 1.165) is 0 Å². The second-order valence-corrected chi connectivity index (χ2v) is 3.27. The van der Waals surface area contributed by atoms with Crippen LogP contribution in [0.2, 0.25) is 0 Å². The first-order valence-electron chi connectivity index (χ1n) is 3.35. The molecule has 6 heteroatoms. The molecular weight excluding hydrogens is 293 g/mol. The first-order chi connectivity index (χ1) is 6.65. The number of nitrogens with two attached hydrogens (primary N) is 1. The summed E-state index contributed by atoms with van der Waals surface area (Å²) in [6.07, 6.45) is 0. The van der Waals surface area contributed by atoms with Gasteiger partial charge in [0.1, 0.15) is 38.9 Å². The van der Waals surface area contributed by atoms with Crippen molar-refractivity contribution in [2.24, 2.45) is 0 Å². The zero-order chi connectivity index (χ0) is 10.7. The maximum absolute atomic E-state index is 8.77. The van der Waals surface area contributed by atoms with E-state index in [9.17, 15) is 0 Å². The smallest absolute Gasteiger partial charge is 0.144 e. The molecule has 0 aliphatic heterocycles. The summed E-state index contributed by atoms with van der Waals surface area (Å²) in [6, 6.07) is 5.35. The average molecular weight is 295 g/mol. The van der Waals surface area contributed by atoms with E-state index in [1.54, 1.807) is 34.7 Å². The van der Waals surface area contributed by atoms with Crippen molar-refractivity contribution in [2.45, 2.75) is 0 Å². The van der Waals surface area contributed by atoms with Crippen LogP contribution in [0.25, 0.3) is 0 Å². The summed E-state index contributed by atoms with van der Waals surface area (Å²) in [4.78, 5) is 3.79. The lowest BCUT2D eigenvalue weighted by Crippen LogP contribution is -2.03. The third kappa shape index (κ3) is 1.46. The number of hydrogen-bond acceptors (Lipinski definition) is 5. The molecule has 1 aromatic rings. The van der Waals surface area contributed by atoms with Crippen LogP contribution in [0.1, 0.15) is 16.7 Å². The van der Waals surface area contributed by atoms with Crippen molar-refractivity contribution in [3.05, 3.63) is 20.4 Å². The molecule has 0 saturated heterocycles. The van der Waals surface area contributed by atoms with Gasteiger partial charge in [-0.05, 0) is 22.6 Å². The fourth-order valence-corrected chi connectivity index (χ4v) is 1.55. The van der Waals surface area contributed by atoms with Crippen molar-refractivity contribution in [3.8, 4) is 18.2 Å². The molecule has 0 aliphatic rings. The zero-order valence-electron chi connectivity index (χ0n) is 6.74. The van der Waals surface area contributed by atoms with Gasteiger partial charge in [-0.3, -0.25) is 0 Å². The van der Waals surface area contributed by atoms with E-state index in [2.05, 4.69) is 4.98 Å². The molecule has 0 amide bonds. The summed E-state index contributed by atoms with van der Waals surface area (Å²) in [6.45, 7) is 0. The minimum absolute atomic E-state index is 0.00750. The molecule has 2 N–H and O–H groups in total. The predicted octanol–water partition coefficient (Wildman–Crippen LogP) is 0.883. The number of aromatic nitrogens is 1. The molecule has 0 aliphatic carbocycles. The Bertz CT molecular complexity index is 476. The highest BCUT2D eigenvalue weighted by atomic mass is 127. The Morgan fingerprint density at radius 2 is 1.50 bits per heavy atom. The standard InChI is InChI=1S/C8H2IN5/c9-7-5(2-11)4(1-10)6(3-12)8(13)14-7/h(H2,13,14). The highest BCUT2D eigenvalue weighted by Gasteiger charge is 2.16. The van der Waals surface area contributed by atoms with Gasteiger partial charge in [-0.25, -0.2) is 4.98 Å². The van der Waals surface area contributed by atoms with Crippen LogP contribution in [0.3, 0.4) is 0 Å². The average Bonchev–Trinajstić information content (AvgIpc) is 2.16. The molecule has 0 radical (unpaired) electrons. The number of nitrogen functional groups attached to an aromatic ring is 1. The van der Waals surface area contributed by atoms with Crippen molar-refractivity contribution in [1.82, 2.24) is 4.98 Å². The SMILES string of the molecule is N#Cc1c(N)nc(I)c(C#N)c1C#N. The summed E-state index contributed by atoms with van der Waals surface area (Å²) < 4.78 is 0.332. The van der Waals surface area contributed by atoms with Crippen LogP contribution in [0.4, 0.5) is 5.82 Å². The fourth-order valence-electron chi connectivity index (χ4n) is 0.901. The Labute approximate surface area is 93.5 Å². The van der Waals surface area contributed by atoms with E-state index in [1.165, 1.54) is 0 Å². The predicted molar refractivity (Wildman–Crippen MR) is 55.5 cm³/mol. The van der Waals surface area contributed by atoms with E-state index >= 15 is 0 Å². The molecule has 0 bridgehead atoms. The van der Waals surface area contributed by atoms with Crippen LogP contribution in [0.15, 0.2) is 0 Å². The first-order valence-corrected chi connectivity index (χ1v) is 4.42. The molecule has 5 nitrogen and oxygen atoms in total. The van der Waals surface area contributed by atoms with Gasteiger partial charge in [0.2, 0.25) is 0 Å². The first kappa shape index (κ1) is 10.2. The van der Waals surface area contributed by atoms with Crippen molar-refractivity contribution in [2.75, 3.05) is 5.73 Å². The third-order valence-electron chi connectivity index (χ3n) is 1.52. The lowest BCUT2D eigenvalue weighted by atomic mass is 10.1. The summed E-state index contributed by atoms with van der Waals surface area (Å²) in [5, 5.41) is 26.2. The van der Waals surface area contributed by atoms with Gasteiger partial charge in [0.15, 0.2) is 0 Å². The van der Waals surface area contributed by atoms with Crippen LogP contribution in [0, 0.1) is 37.7 Å². The Balaban J connectivity index is 3.76. The molecule has 1 aromatic heterocycles. The van der Waals surface area contributed by atoms with Gasteiger partial charge in [0.05, 0.1) is 5.56 Å². The summed E-state index contributed by atoms with van der Waals surface area (Å²) in [5.74, 6) is -0.0209. The van der Waals surface area contributed by atoms with Gasteiger partial charge in [0.25, 0.3) is 0 Å². The largest absolute Gasteiger partial charge is 0.383 e. The number of halogens is 1. The summed E-state index contributed by atoms with van der Waals surface area (Å²) in [5.41, 5.74) is 5.48. The quantitative estimate of drug-likeness (QED) is 0.564. The van der Waals surface area contributed by atoms with Crippen molar-refractivity contribution < 1.29 is 0 Å². The highest BCUT2D eigenvalue weighted by molar-refractivity contribution is 14.1. The minimum Gasteiger partial charge on any atom is -0.383 e. The number of hydrogen-bond donors (Lipinski definition) is 1. The maximum atomic E-state index is 8.77. The Morgan fingerprint density at radius 3 is 1.93 bits per heavy atom. The third-order valence-corrected chi connectivity index (χ3v) is 2.30. The van der Waals surface area contributed by atoms with E-state index in [-0.39, 0.29) is 22.5 Å². The molecule has 66 valence electrons. The molecule has 0 aromatic carbocycles. The fraction of sp³-hybridized carbons (Fsp3) is 0. The lowest BCUT2D eigenvalue weighted by molar-refractivity contribution is 1.22. The highest BCUT2D eigenvalue weighted by Crippen LogP contribution is 2.21. The molecule has 14 heavy (non-hydrogen) atoms. The van der Waals surface area contributed by atoms with E-state index in [1.807, 2.05) is 6.07 Å². The Kier molecular flexibility index (Phi) is 2.85. The number of pyridine rings is 1. The molecule has 1 heterocycles. The van der Waals surface area contributed by atoms with Gasteiger partial charge in [0, 0.05) is 0 Å². The second kappa shape index (κ2) is 3.91.